The van der Waals surface area contributed by atoms with Crippen molar-refractivity contribution in [2.45, 2.75) is 13.8 Å². The van der Waals surface area contributed by atoms with E-state index < -0.39 is 5.97 Å². The summed E-state index contributed by atoms with van der Waals surface area (Å²) in [6.45, 7) is 3.94. The minimum atomic E-state index is -0.943. The molecule has 0 unspecified atom stereocenters. The van der Waals surface area contributed by atoms with E-state index in [1.54, 1.807) is 25.3 Å². The Hall–Kier alpha value is -2.23. The second-order valence-electron chi connectivity index (χ2n) is 4.14. The van der Waals surface area contributed by atoms with Crippen molar-refractivity contribution in [2.75, 3.05) is 7.11 Å². The summed E-state index contributed by atoms with van der Waals surface area (Å²) in [5.41, 5.74) is 3.07. The van der Waals surface area contributed by atoms with Gasteiger partial charge in [-0.05, 0) is 44.2 Å². The number of aromatic nitrogens is 1. The van der Waals surface area contributed by atoms with Crippen LogP contribution in [0.15, 0.2) is 30.3 Å². The van der Waals surface area contributed by atoms with E-state index in [-0.39, 0.29) is 5.56 Å². The van der Waals surface area contributed by atoms with Crippen molar-refractivity contribution in [1.82, 2.24) is 4.57 Å². The SMILES string of the molecule is COc1ccc(C(=O)O)cc1-n1c(C)ccc1C. The number of methoxy groups -OCH3 is 1. The molecule has 0 fully saturated rings. The Bertz CT molecular complexity index is 580. The van der Waals surface area contributed by atoms with Crippen molar-refractivity contribution in [3.63, 3.8) is 0 Å². The summed E-state index contributed by atoms with van der Waals surface area (Å²) < 4.78 is 7.28. The normalized spacial score (nSPS) is 10.4. The first-order chi connectivity index (χ1) is 8.54. The van der Waals surface area contributed by atoms with Gasteiger partial charge in [-0.15, -0.1) is 0 Å². The van der Waals surface area contributed by atoms with Gasteiger partial charge in [-0.3, -0.25) is 0 Å². The van der Waals surface area contributed by atoms with E-state index in [0.29, 0.717) is 5.75 Å². The van der Waals surface area contributed by atoms with Crippen molar-refractivity contribution < 1.29 is 14.6 Å². The average molecular weight is 245 g/mol. The predicted octanol–water partition coefficient (Wildman–Crippen LogP) is 2.80. The first kappa shape index (κ1) is 12.2. The largest absolute Gasteiger partial charge is 0.495 e. The van der Waals surface area contributed by atoms with E-state index in [2.05, 4.69) is 0 Å². The third kappa shape index (κ3) is 1.97. The van der Waals surface area contributed by atoms with Crippen LogP contribution in [0, 0.1) is 13.8 Å². The van der Waals surface area contributed by atoms with E-state index >= 15 is 0 Å². The third-order valence-corrected chi connectivity index (χ3v) is 2.94. The number of aromatic carboxylic acids is 1. The summed E-state index contributed by atoms with van der Waals surface area (Å²) >= 11 is 0. The number of hydrogen-bond acceptors (Lipinski definition) is 2. The topological polar surface area (TPSA) is 51.5 Å². The standard InChI is InChI=1S/C14H15NO3/c1-9-4-5-10(2)15(9)12-8-11(14(16)17)6-7-13(12)18-3/h4-8H,1-3H3,(H,16,17). The molecule has 4 heteroatoms. The van der Waals surface area contributed by atoms with Crippen molar-refractivity contribution >= 4 is 5.97 Å². The Morgan fingerprint density at radius 3 is 2.28 bits per heavy atom. The van der Waals surface area contributed by atoms with Gasteiger partial charge in [0.2, 0.25) is 0 Å². The number of carboxylic acids is 1. The highest BCUT2D eigenvalue weighted by Gasteiger charge is 2.13. The maximum Gasteiger partial charge on any atom is 0.335 e. The molecule has 0 spiro atoms. The molecule has 0 aliphatic heterocycles. The molecular weight excluding hydrogens is 230 g/mol. The van der Waals surface area contributed by atoms with Crippen LogP contribution in [0.5, 0.6) is 5.75 Å². The highest BCUT2D eigenvalue weighted by Crippen LogP contribution is 2.27. The summed E-state index contributed by atoms with van der Waals surface area (Å²) in [4.78, 5) is 11.0. The molecular formula is C14H15NO3. The Morgan fingerprint density at radius 1 is 1.17 bits per heavy atom. The maximum absolute atomic E-state index is 11.0. The molecule has 0 saturated carbocycles. The number of rotatable bonds is 3. The molecule has 1 N–H and O–H groups in total. The molecule has 1 aromatic carbocycles. The predicted molar refractivity (Wildman–Crippen MR) is 68.8 cm³/mol. The van der Waals surface area contributed by atoms with Crippen molar-refractivity contribution in [3.8, 4) is 11.4 Å². The van der Waals surface area contributed by atoms with Crippen LogP contribution >= 0.6 is 0 Å². The maximum atomic E-state index is 11.0. The Balaban J connectivity index is 2.68. The van der Waals surface area contributed by atoms with Gasteiger partial charge in [0.15, 0.2) is 0 Å². The second kappa shape index (κ2) is 4.56. The van der Waals surface area contributed by atoms with E-state index in [4.69, 9.17) is 9.84 Å². The highest BCUT2D eigenvalue weighted by atomic mass is 16.5. The fourth-order valence-corrected chi connectivity index (χ4v) is 2.05. The van der Waals surface area contributed by atoms with Crippen LogP contribution in [0.4, 0.5) is 0 Å². The smallest absolute Gasteiger partial charge is 0.335 e. The summed E-state index contributed by atoms with van der Waals surface area (Å²) in [6.07, 6.45) is 0. The zero-order valence-corrected chi connectivity index (χ0v) is 10.6. The van der Waals surface area contributed by atoms with E-state index in [1.165, 1.54) is 0 Å². The van der Waals surface area contributed by atoms with Crippen molar-refractivity contribution in [1.29, 1.82) is 0 Å². The van der Waals surface area contributed by atoms with E-state index in [1.807, 2.05) is 30.5 Å². The van der Waals surface area contributed by atoms with Gasteiger partial charge in [0.1, 0.15) is 5.75 Å². The molecule has 0 bridgehead atoms. The second-order valence-corrected chi connectivity index (χ2v) is 4.14. The number of ether oxygens (including phenoxy) is 1. The molecule has 2 aromatic rings. The van der Waals surface area contributed by atoms with Gasteiger partial charge in [-0.1, -0.05) is 0 Å². The van der Waals surface area contributed by atoms with Gasteiger partial charge in [0.25, 0.3) is 0 Å². The van der Waals surface area contributed by atoms with Gasteiger partial charge in [0.05, 0.1) is 18.4 Å². The highest BCUT2D eigenvalue weighted by molar-refractivity contribution is 5.88. The summed E-state index contributed by atoms with van der Waals surface area (Å²) in [5.74, 6) is -0.288. The van der Waals surface area contributed by atoms with E-state index in [0.717, 1.165) is 17.1 Å². The fourth-order valence-electron chi connectivity index (χ4n) is 2.05. The minimum Gasteiger partial charge on any atom is -0.495 e. The van der Waals surface area contributed by atoms with Crippen LogP contribution < -0.4 is 4.74 Å². The molecule has 0 radical (unpaired) electrons. The van der Waals surface area contributed by atoms with Crippen LogP contribution in [-0.2, 0) is 0 Å². The van der Waals surface area contributed by atoms with Crippen LogP contribution in [-0.4, -0.2) is 22.8 Å². The van der Waals surface area contributed by atoms with Crippen LogP contribution in [0.2, 0.25) is 0 Å². The first-order valence-corrected chi connectivity index (χ1v) is 5.61. The number of carboxylic acid groups (broad SMARTS) is 1. The van der Waals surface area contributed by atoms with Gasteiger partial charge in [0, 0.05) is 11.4 Å². The number of benzene rings is 1. The molecule has 0 atom stereocenters. The lowest BCUT2D eigenvalue weighted by Crippen LogP contribution is -2.05. The van der Waals surface area contributed by atoms with Gasteiger partial charge in [-0.2, -0.15) is 0 Å². The lowest BCUT2D eigenvalue weighted by molar-refractivity contribution is 0.0697. The van der Waals surface area contributed by atoms with Crippen molar-refractivity contribution in [3.05, 3.63) is 47.3 Å². The molecule has 2 rings (SSSR count). The quantitative estimate of drug-likeness (QED) is 0.904. The molecule has 1 aromatic heterocycles. The minimum absolute atomic E-state index is 0.248. The van der Waals surface area contributed by atoms with Crippen molar-refractivity contribution in [2.24, 2.45) is 0 Å². The van der Waals surface area contributed by atoms with Gasteiger partial charge < -0.3 is 14.4 Å². The molecule has 18 heavy (non-hydrogen) atoms. The van der Waals surface area contributed by atoms with Crippen LogP contribution in [0.1, 0.15) is 21.7 Å². The van der Waals surface area contributed by atoms with Gasteiger partial charge >= 0.3 is 5.97 Å². The Morgan fingerprint density at radius 2 is 1.78 bits per heavy atom. The molecule has 1 heterocycles. The first-order valence-electron chi connectivity index (χ1n) is 5.61. The van der Waals surface area contributed by atoms with Crippen LogP contribution in [0.3, 0.4) is 0 Å². The van der Waals surface area contributed by atoms with Crippen LogP contribution in [0.25, 0.3) is 5.69 Å². The molecule has 4 nitrogen and oxygen atoms in total. The third-order valence-electron chi connectivity index (χ3n) is 2.94. The zero-order valence-electron chi connectivity index (χ0n) is 10.6. The lowest BCUT2D eigenvalue weighted by Gasteiger charge is -2.14. The number of carbonyl (C=O) groups is 1. The monoisotopic (exact) mass is 245 g/mol. The fraction of sp³-hybridized carbons (Fsp3) is 0.214. The Labute approximate surface area is 105 Å². The summed E-state index contributed by atoms with van der Waals surface area (Å²) in [5, 5.41) is 9.06. The number of hydrogen-bond donors (Lipinski definition) is 1. The molecule has 0 aliphatic carbocycles. The summed E-state index contributed by atoms with van der Waals surface area (Å²) in [6, 6.07) is 8.82. The van der Waals surface area contributed by atoms with Gasteiger partial charge in [-0.25, -0.2) is 4.79 Å². The zero-order chi connectivity index (χ0) is 13.3. The molecule has 0 amide bonds. The molecule has 94 valence electrons. The number of nitrogens with zero attached hydrogens (tertiary/aromatic N) is 1. The van der Waals surface area contributed by atoms with E-state index in [9.17, 15) is 4.79 Å². The lowest BCUT2D eigenvalue weighted by atomic mass is 10.1. The number of aryl methyl sites for hydroxylation is 2. The Kier molecular flexibility index (Phi) is 3.10. The summed E-state index contributed by atoms with van der Waals surface area (Å²) in [7, 11) is 1.58. The molecule has 0 saturated heterocycles. The average Bonchev–Trinajstić information content (AvgIpc) is 2.68. The molecule has 0 aliphatic rings.